The van der Waals surface area contributed by atoms with Crippen molar-refractivity contribution in [2.75, 3.05) is 11.9 Å². The number of nitrogens with zero attached hydrogens (tertiary/aromatic N) is 2. The number of aryl methyl sites for hydroxylation is 1. The third-order valence-electron chi connectivity index (χ3n) is 2.70. The van der Waals surface area contributed by atoms with E-state index in [-0.39, 0.29) is 17.8 Å². The molecule has 114 valence electrons. The molecule has 0 saturated carbocycles. The molecule has 1 heterocycles. The maximum Gasteiger partial charge on any atom is 0.270 e. The van der Waals surface area contributed by atoms with Crippen LogP contribution >= 0.6 is 0 Å². The van der Waals surface area contributed by atoms with Crippen molar-refractivity contribution >= 4 is 23.3 Å². The van der Waals surface area contributed by atoms with Gasteiger partial charge in [-0.2, -0.15) is 5.10 Å². The molecule has 2 aromatic rings. The van der Waals surface area contributed by atoms with Crippen molar-refractivity contribution in [3.05, 3.63) is 51.7 Å². The van der Waals surface area contributed by atoms with E-state index in [0.717, 1.165) is 11.8 Å². The second kappa shape index (κ2) is 6.48. The first-order chi connectivity index (χ1) is 10.5. The molecule has 2 rings (SSSR count). The van der Waals surface area contributed by atoms with Gasteiger partial charge in [-0.25, -0.2) is 0 Å². The third kappa shape index (κ3) is 3.88. The van der Waals surface area contributed by atoms with Crippen molar-refractivity contribution in [2.24, 2.45) is 0 Å². The third-order valence-corrected chi connectivity index (χ3v) is 2.70. The van der Waals surface area contributed by atoms with Gasteiger partial charge in [-0.3, -0.25) is 24.8 Å². The molecule has 0 saturated heterocycles. The van der Waals surface area contributed by atoms with Crippen molar-refractivity contribution < 1.29 is 14.5 Å². The van der Waals surface area contributed by atoms with Gasteiger partial charge >= 0.3 is 0 Å². The summed E-state index contributed by atoms with van der Waals surface area (Å²) in [6.07, 6.45) is 0. The van der Waals surface area contributed by atoms with Gasteiger partial charge in [-0.1, -0.05) is 6.07 Å². The smallest absolute Gasteiger partial charge is 0.270 e. The van der Waals surface area contributed by atoms with Gasteiger partial charge in [0, 0.05) is 29.5 Å². The standard InChI is InChI=1S/C13H13N5O4/c1-8-5-11(17-16-8)15-12(19)7-14-13(20)9-3-2-4-10(6-9)18(21)22/h2-6H,7H2,1H3,(H,14,20)(H2,15,16,17,19). The molecule has 2 amide bonds. The quantitative estimate of drug-likeness (QED) is 0.560. The molecule has 0 fully saturated rings. The number of rotatable bonds is 5. The lowest BCUT2D eigenvalue weighted by molar-refractivity contribution is -0.384. The number of non-ortho nitro benzene ring substituents is 1. The predicted molar refractivity (Wildman–Crippen MR) is 77.4 cm³/mol. The van der Waals surface area contributed by atoms with E-state index in [1.165, 1.54) is 18.2 Å². The number of anilines is 1. The fourth-order valence-corrected chi connectivity index (χ4v) is 1.69. The molecule has 22 heavy (non-hydrogen) atoms. The van der Waals surface area contributed by atoms with Crippen LogP contribution in [0.5, 0.6) is 0 Å². The summed E-state index contributed by atoms with van der Waals surface area (Å²) >= 11 is 0. The lowest BCUT2D eigenvalue weighted by Gasteiger charge is -2.05. The molecular formula is C13H13N5O4. The van der Waals surface area contributed by atoms with Crippen LogP contribution in [0, 0.1) is 17.0 Å². The Hall–Kier alpha value is -3.23. The normalized spacial score (nSPS) is 10.0. The van der Waals surface area contributed by atoms with Crippen LogP contribution in [-0.4, -0.2) is 33.5 Å². The number of H-pyrrole nitrogens is 1. The number of benzene rings is 1. The number of nitro benzene ring substituents is 1. The fraction of sp³-hybridized carbons (Fsp3) is 0.154. The Bertz CT molecular complexity index is 725. The van der Waals surface area contributed by atoms with Gasteiger partial charge in [0.05, 0.1) is 11.5 Å². The van der Waals surface area contributed by atoms with Gasteiger partial charge in [-0.05, 0) is 13.0 Å². The minimum atomic E-state index is -0.594. The minimum absolute atomic E-state index is 0.109. The first kappa shape index (κ1) is 15.2. The van der Waals surface area contributed by atoms with Gasteiger partial charge in [-0.15, -0.1) is 0 Å². The molecule has 1 aromatic carbocycles. The van der Waals surface area contributed by atoms with Crippen LogP contribution < -0.4 is 10.6 Å². The summed E-state index contributed by atoms with van der Waals surface area (Å²) in [7, 11) is 0. The van der Waals surface area contributed by atoms with Crippen molar-refractivity contribution in [1.82, 2.24) is 15.5 Å². The first-order valence-electron chi connectivity index (χ1n) is 6.30. The number of amides is 2. The van der Waals surface area contributed by atoms with Crippen molar-refractivity contribution in [1.29, 1.82) is 0 Å². The minimum Gasteiger partial charge on any atom is -0.343 e. The van der Waals surface area contributed by atoms with Crippen LogP contribution in [0.1, 0.15) is 16.1 Å². The summed E-state index contributed by atoms with van der Waals surface area (Å²) in [5, 5.41) is 22.0. The van der Waals surface area contributed by atoms with E-state index in [2.05, 4.69) is 20.8 Å². The summed E-state index contributed by atoms with van der Waals surface area (Å²) in [4.78, 5) is 33.5. The molecule has 1 aromatic heterocycles. The van der Waals surface area contributed by atoms with Crippen molar-refractivity contribution in [2.45, 2.75) is 6.92 Å². The molecule has 9 nitrogen and oxygen atoms in total. The van der Waals surface area contributed by atoms with Crippen LogP contribution in [0.4, 0.5) is 11.5 Å². The van der Waals surface area contributed by atoms with E-state index >= 15 is 0 Å². The molecule has 0 spiro atoms. The van der Waals surface area contributed by atoms with Crippen molar-refractivity contribution in [3.63, 3.8) is 0 Å². The number of hydrogen-bond donors (Lipinski definition) is 3. The Kier molecular flexibility index (Phi) is 4.47. The van der Waals surface area contributed by atoms with Gasteiger partial charge in [0.25, 0.3) is 11.6 Å². The zero-order valence-corrected chi connectivity index (χ0v) is 11.6. The Morgan fingerprint density at radius 1 is 1.36 bits per heavy atom. The van der Waals surface area contributed by atoms with E-state index in [0.29, 0.717) is 5.82 Å². The fourth-order valence-electron chi connectivity index (χ4n) is 1.69. The monoisotopic (exact) mass is 303 g/mol. The zero-order chi connectivity index (χ0) is 16.1. The van der Waals surface area contributed by atoms with Crippen LogP contribution in [0.15, 0.2) is 30.3 Å². The van der Waals surface area contributed by atoms with Crippen molar-refractivity contribution in [3.8, 4) is 0 Å². The lowest BCUT2D eigenvalue weighted by atomic mass is 10.2. The topological polar surface area (TPSA) is 130 Å². The number of hydrogen-bond acceptors (Lipinski definition) is 5. The van der Waals surface area contributed by atoms with Crippen LogP contribution in [0.25, 0.3) is 0 Å². The Morgan fingerprint density at radius 2 is 2.14 bits per heavy atom. The maximum atomic E-state index is 11.8. The summed E-state index contributed by atoms with van der Waals surface area (Å²) in [5.41, 5.74) is 0.706. The SMILES string of the molecule is Cc1cc(NC(=O)CNC(=O)c2cccc([N+](=O)[O-])c2)n[nH]1. The molecule has 9 heteroatoms. The molecular weight excluding hydrogens is 290 g/mol. The Morgan fingerprint density at radius 3 is 2.77 bits per heavy atom. The highest BCUT2D eigenvalue weighted by Gasteiger charge is 2.12. The maximum absolute atomic E-state index is 11.8. The second-order valence-electron chi connectivity index (χ2n) is 4.47. The Balaban J connectivity index is 1.90. The van der Waals surface area contributed by atoms with Gasteiger partial charge < -0.3 is 10.6 Å². The second-order valence-corrected chi connectivity index (χ2v) is 4.47. The van der Waals surface area contributed by atoms with Crippen LogP contribution in [-0.2, 0) is 4.79 Å². The molecule has 0 radical (unpaired) electrons. The van der Waals surface area contributed by atoms with Gasteiger partial charge in [0.2, 0.25) is 5.91 Å². The summed E-state index contributed by atoms with van der Waals surface area (Å²) in [5.74, 6) is -0.672. The number of nitro groups is 1. The van der Waals surface area contributed by atoms with Gasteiger partial charge in [0.15, 0.2) is 5.82 Å². The average molecular weight is 303 g/mol. The average Bonchev–Trinajstić information content (AvgIpc) is 2.90. The number of aromatic nitrogens is 2. The number of aromatic amines is 1. The van der Waals surface area contributed by atoms with E-state index in [9.17, 15) is 19.7 Å². The molecule has 0 bridgehead atoms. The van der Waals surface area contributed by atoms with E-state index in [1.54, 1.807) is 13.0 Å². The summed E-state index contributed by atoms with van der Waals surface area (Å²) in [6.45, 7) is 1.51. The number of carbonyl (C=O) groups is 2. The molecule has 0 aliphatic carbocycles. The molecule has 0 aliphatic rings. The van der Waals surface area contributed by atoms with Gasteiger partial charge in [0.1, 0.15) is 0 Å². The van der Waals surface area contributed by atoms with E-state index < -0.39 is 16.7 Å². The van der Waals surface area contributed by atoms with Crippen LogP contribution in [0.2, 0.25) is 0 Å². The van der Waals surface area contributed by atoms with E-state index in [4.69, 9.17) is 0 Å². The molecule has 3 N–H and O–H groups in total. The first-order valence-corrected chi connectivity index (χ1v) is 6.30. The molecule has 0 unspecified atom stereocenters. The molecule has 0 aliphatic heterocycles. The number of nitrogens with one attached hydrogen (secondary N) is 3. The zero-order valence-electron chi connectivity index (χ0n) is 11.6. The number of carbonyl (C=O) groups excluding carboxylic acids is 2. The largest absolute Gasteiger partial charge is 0.343 e. The summed E-state index contributed by atoms with van der Waals surface area (Å²) < 4.78 is 0. The predicted octanol–water partition coefficient (Wildman–Crippen LogP) is 0.995. The highest BCUT2D eigenvalue weighted by Crippen LogP contribution is 2.12. The molecule has 0 atom stereocenters. The lowest BCUT2D eigenvalue weighted by Crippen LogP contribution is -2.32. The van der Waals surface area contributed by atoms with E-state index in [1.807, 2.05) is 0 Å². The summed E-state index contributed by atoms with van der Waals surface area (Å²) in [6, 6.07) is 6.89. The highest BCUT2D eigenvalue weighted by molar-refractivity contribution is 5.99. The Labute approximate surface area is 124 Å². The van der Waals surface area contributed by atoms with Crippen LogP contribution in [0.3, 0.4) is 0 Å². The highest BCUT2D eigenvalue weighted by atomic mass is 16.6.